The fourth-order valence-electron chi connectivity index (χ4n) is 0.689. The summed E-state index contributed by atoms with van der Waals surface area (Å²) >= 11 is 0. The molecule has 14 heavy (non-hydrogen) atoms. The molecule has 0 fully saturated rings. The first-order chi connectivity index (χ1) is 5.24. The summed E-state index contributed by atoms with van der Waals surface area (Å²) in [6.45, 7) is 0. The van der Waals surface area contributed by atoms with Crippen LogP contribution in [0.1, 0.15) is 0 Å². The first-order valence-corrected chi connectivity index (χ1v) is 5.01. The van der Waals surface area contributed by atoms with Crippen molar-refractivity contribution in [3.8, 4) is 0 Å². The van der Waals surface area contributed by atoms with Gasteiger partial charge in [0.15, 0.2) is 10.7 Å². The molecule has 0 amide bonds. The van der Waals surface area contributed by atoms with Crippen molar-refractivity contribution in [2.45, 2.75) is 4.90 Å². The average molecular weight is 262 g/mol. The maximum atomic E-state index is 10.4. The van der Waals surface area contributed by atoms with E-state index in [-0.39, 0.29) is 102 Å². The number of hydrogen-bond acceptors (Lipinski definition) is 3. The molecule has 1 rings (SSSR count). The van der Waals surface area contributed by atoms with Crippen LogP contribution in [0, 0.1) is 0 Å². The summed E-state index contributed by atoms with van der Waals surface area (Å²) < 4.78 is 20.9. The summed E-state index contributed by atoms with van der Waals surface area (Å²) in [6.07, 6.45) is 0. The predicted molar refractivity (Wildman–Crippen MR) is 66.6 cm³/mol. The maximum absolute atomic E-state index is 10.4. The van der Waals surface area contributed by atoms with Crippen molar-refractivity contribution in [3.63, 3.8) is 0 Å². The summed E-state index contributed by atoms with van der Waals surface area (Å²) in [4.78, 5) is 8.92. The van der Waals surface area contributed by atoms with E-state index in [1.54, 1.807) is 12.1 Å². The van der Waals surface area contributed by atoms with Crippen molar-refractivity contribution >= 4 is 113 Å². The quantitative estimate of drug-likeness (QED) is 0.365. The molecule has 0 bridgehead atoms. The van der Waals surface area contributed by atoms with Gasteiger partial charge >= 0.3 is 88.7 Å². The van der Waals surface area contributed by atoms with E-state index in [1.807, 2.05) is 0 Å². The van der Waals surface area contributed by atoms with Gasteiger partial charge in [-0.3, -0.25) is 0 Å². The normalized spacial score (nSPS) is 9.00. The van der Waals surface area contributed by atoms with Crippen LogP contribution in [-0.4, -0.2) is 102 Å². The molecule has 1 N–H and O–H groups in total. The van der Waals surface area contributed by atoms with E-state index in [4.69, 9.17) is 4.89 Å². The second-order valence-corrected chi connectivity index (χ2v) is 3.75. The van der Waals surface area contributed by atoms with Gasteiger partial charge in [0.2, 0.25) is 0 Å². The van der Waals surface area contributed by atoms with Crippen LogP contribution < -0.4 is 5.30 Å². The van der Waals surface area contributed by atoms with Crippen molar-refractivity contribution in [2.75, 3.05) is 0 Å². The summed E-state index contributed by atoms with van der Waals surface area (Å²) in [5, 5.41) is 0.640. The fourth-order valence-corrected chi connectivity index (χ4v) is 1.65. The van der Waals surface area contributed by atoms with Crippen LogP contribution in [-0.2, 0) is 10.7 Å². The molecule has 1 unspecified atom stereocenters. The van der Waals surface area contributed by atoms with Crippen LogP contribution in [0.4, 0.5) is 0 Å². The molecule has 0 aliphatic heterocycles. The van der Waals surface area contributed by atoms with E-state index in [0.29, 0.717) is 5.30 Å². The van der Waals surface area contributed by atoms with E-state index in [9.17, 15) is 8.42 Å². The number of rotatable bonds is 2. The van der Waals surface area contributed by atoms with Crippen molar-refractivity contribution < 1.29 is 13.3 Å². The molecule has 0 heterocycles. The third-order valence-electron chi connectivity index (χ3n) is 1.19. The van der Waals surface area contributed by atoms with E-state index in [1.165, 1.54) is 12.1 Å². The Balaban J connectivity index is -0.000000403. The molecule has 0 aliphatic carbocycles. The van der Waals surface area contributed by atoms with Gasteiger partial charge in [0, 0.05) is 14.1 Å². The molecule has 0 radical (unpaired) electrons. The molecule has 0 aromatic heterocycles. The minimum atomic E-state index is -2.52. The van der Waals surface area contributed by atoms with Crippen LogP contribution >= 0.6 is 8.81 Å². The summed E-state index contributed by atoms with van der Waals surface area (Å²) in [5.41, 5.74) is 0. The van der Waals surface area contributed by atoms with E-state index in [0.717, 1.165) is 0 Å². The third-order valence-corrected chi connectivity index (χ3v) is 2.46. The van der Waals surface area contributed by atoms with Crippen LogP contribution in [0.15, 0.2) is 29.2 Å². The van der Waals surface area contributed by atoms with Crippen LogP contribution in [0.5, 0.6) is 0 Å². The molecule has 1 aromatic carbocycles. The Hall–Kier alpha value is 2.56. The number of hydrogen-bond donors (Lipinski definition) is 2. The monoisotopic (exact) mass is 262 g/mol. The first-order valence-electron chi connectivity index (χ1n) is 2.88. The van der Waals surface area contributed by atoms with Gasteiger partial charge < -0.3 is 4.89 Å². The molecule has 0 saturated carbocycles. The van der Waals surface area contributed by atoms with Gasteiger partial charge in [0.05, 0.1) is 4.90 Å². The molecule has 3 nitrogen and oxygen atoms in total. The average Bonchev–Trinajstić information content (AvgIpc) is 2.05. The molecule has 0 aliphatic rings. The van der Waals surface area contributed by atoms with Gasteiger partial charge in [0.1, 0.15) is 0 Å². The van der Waals surface area contributed by atoms with E-state index in [2.05, 4.69) is 0 Å². The zero-order chi connectivity index (χ0) is 8.27. The first kappa shape index (κ1) is 21.8. The Morgan fingerprint density at radius 2 is 1.71 bits per heavy atom. The standard InChI is InChI=1S/C6H7O3PS.3Na.3H/c7-10-5-2-1-3-6(4-5)11(8)9;;;;;;/h1-4,7,10-11H;;;;;;. The zero-order valence-electron chi connectivity index (χ0n) is 5.52. The van der Waals surface area contributed by atoms with Crippen molar-refractivity contribution in [1.82, 2.24) is 0 Å². The molecule has 1 aromatic rings. The second-order valence-electron chi connectivity index (χ2n) is 1.92. The Bertz CT molecular complexity index is 324. The van der Waals surface area contributed by atoms with Crippen molar-refractivity contribution in [3.05, 3.63) is 24.3 Å². The minimum absolute atomic E-state index is 0. The van der Waals surface area contributed by atoms with Gasteiger partial charge in [-0.25, -0.2) is 8.42 Å². The molecule has 8 heteroatoms. The van der Waals surface area contributed by atoms with Crippen LogP contribution in [0.2, 0.25) is 0 Å². The van der Waals surface area contributed by atoms with Crippen molar-refractivity contribution in [2.24, 2.45) is 0 Å². The van der Waals surface area contributed by atoms with E-state index < -0.39 is 10.7 Å². The summed E-state index contributed by atoms with van der Waals surface area (Å²) in [5.74, 6) is 0. The van der Waals surface area contributed by atoms with Crippen LogP contribution in [0.25, 0.3) is 0 Å². The summed E-state index contributed by atoms with van der Waals surface area (Å²) in [7, 11) is -2.87. The van der Waals surface area contributed by atoms with E-state index >= 15 is 0 Å². The Morgan fingerprint density at radius 1 is 1.14 bits per heavy atom. The van der Waals surface area contributed by atoms with Crippen LogP contribution in [0.3, 0.4) is 0 Å². The molecule has 66 valence electrons. The fraction of sp³-hybridized carbons (Fsp3) is 0. The SMILES string of the molecule is O=[SH](=O)c1cccc(PO)c1.[NaH].[NaH].[NaH]. The Labute approximate surface area is 153 Å². The van der Waals surface area contributed by atoms with Crippen molar-refractivity contribution in [1.29, 1.82) is 0 Å². The Kier molecular flexibility index (Phi) is 18.7. The molecular formula is C6H10Na3O3PS. The van der Waals surface area contributed by atoms with Gasteiger partial charge in [0.25, 0.3) is 0 Å². The molecule has 0 saturated heterocycles. The molecular weight excluding hydrogens is 252 g/mol. The molecule has 1 atom stereocenters. The van der Waals surface area contributed by atoms with Gasteiger partial charge in [-0.15, -0.1) is 0 Å². The predicted octanol–water partition coefficient (Wildman–Crippen LogP) is -2.08. The number of benzene rings is 1. The number of thiol groups is 1. The summed E-state index contributed by atoms with van der Waals surface area (Å²) in [6, 6.07) is 6.25. The Morgan fingerprint density at radius 3 is 2.14 bits per heavy atom. The zero-order valence-corrected chi connectivity index (χ0v) is 7.41. The van der Waals surface area contributed by atoms with Gasteiger partial charge in [-0.2, -0.15) is 0 Å². The molecule has 0 spiro atoms. The van der Waals surface area contributed by atoms with Gasteiger partial charge in [-0.05, 0) is 12.1 Å². The van der Waals surface area contributed by atoms with Gasteiger partial charge in [-0.1, -0.05) is 12.1 Å². The second kappa shape index (κ2) is 12.0. The topological polar surface area (TPSA) is 54.4 Å². The third kappa shape index (κ3) is 7.77.